The number of aromatic nitrogens is 2. The Morgan fingerprint density at radius 1 is 1.19 bits per heavy atom. The third-order valence-electron chi connectivity index (χ3n) is 5.11. The summed E-state index contributed by atoms with van der Waals surface area (Å²) in [5.74, 6) is 1.83. The summed E-state index contributed by atoms with van der Waals surface area (Å²) in [5.41, 5.74) is 2.34. The SMILES string of the molecule is Cc1cc2c(cc1C1CCN(S(=O)(=O)c3cnn(C)c3Cl)CC1)OCO2. The molecule has 0 N–H and O–H groups in total. The van der Waals surface area contributed by atoms with Crippen molar-refractivity contribution >= 4 is 21.6 Å². The molecule has 1 fully saturated rings. The van der Waals surface area contributed by atoms with Crippen LogP contribution in [-0.2, 0) is 17.1 Å². The Kier molecular flexibility index (Phi) is 4.37. The van der Waals surface area contributed by atoms with Crippen LogP contribution in [0, 0.1) is 6.92 Å². The van der Waals surface area contributed by atoms with Gasteiger partial charge in [0, 0.05) is 20.1 Å². The number of sulfonamides is 1. The molecule has 1 aromatic heterocycles. The largest absolute Gasteiger partial charge is 0.454 e. The molecule has 4 rings (SSSR count). The van der Waals surface area contributed by atoms with Gasteiger partial charge in [0.25, 0.3) is 0 Å². The number of aryl methyl sites for hydroxylation is 2. The van der Waals surface area contributed by atoms with Gasteiger partial charge in [-0.15, -0.1) is 0 Å². The highest BCUT2D eigenvalue weighted by molar-refractivity contribution is 7.89. The number of hydrogen-bond acceptors (Lipinski definition) is 5. The van der Waals surface area contributed by atoms with Crippen LogP contribution in [0.25, 0.3) is 0 Å². The summed E-state index contributed by atoms with van der Waals surface area (Å²) in [6.07, 6.45) is 2.81. The first-order chi connectivity index (χ1) is 12.4. The molecule has 0 atom stereocenters. The van der Waals surface area contributed by atoms with E-state index in [0.717, 1.165) is 29.9 Å². The highest BCUT2D eigenvalue weighted by atomic mass is 35.5. The van der Waals surface area contributed by atoms with E-state index in [1.807, 2.05) is 12.1 Å². The molecule has 2 aliphatic rings. The molecule has 0 unspecified atom stereocenters. The van der Waals surface area contributed by atoms with Crippen molar-refractivity contribution in [3.8, 4) is 11.5 Å². The number of halogens is 1. The molecular weight excluding hydrogens is 378 g/mol. The fraction of sp³-hybridized carbons (Fsp3) is 0.471. The van der Waals surface area contributed by atoms with Crippen molar-refractivity contribution in [2.45, 2.75) is 30.6 Å². The number of hydrogen-bond donors (Lipinski definition) is 0. The summed E-state index contributed by atoms with van der Waals surface area (Å²) >= 11 is 6.08. The van der Waals surface area contributed by atoms with Gasteiger partial charge in [-0.1, -0.05) is 11.6 Å². The van der Waals surface area contributed by atoms with Crippen molar-refractivity contribution < 1.29 is 17.9 Å². The Bertz CT molecular complexity index is 949. The first-order valence-electron chi connectivity index (χ1n) is 8.45. The van der Waals surface area contributed by atoms with Gasteiger partial charge in [0.15, 0.2) is 11.5 Å². The third kappa shape index (κ3) is 2.86. The summed E-state index contributed by atoms with van der Waals surface area (Å²) in [4.78, 5) is 0.0689. The summed E-state index contributed by atoms with van der Waals surface area (Å²) in [7, 11) is -2.00. The predicted molar refractivity (Wildman–Crippen MR) is 96.3 cm³/mol. The monoisotopic (exact) mass is 397 g/mol. The molecule has 0 aliphatic carbocycles. The quantitative estimate of drug-likeness (QED) is 0.796. The van der Waals surface area contributed by atoms with E-state index in [1.54, 1.807) is 7.05 Å². The molecule has 2 aliphatic heterocycles. The minimum absolute atomic E-state index is 0.0689. The molecule has 3 heterocycles. The minimum atomic E-state index is -3.62. The van der Waals surface area contributed by atoms with Crippen LogP contribution in [0.4, 0.5) is 0 Å². The van der Waals surface area contributed by atoms with Crippen LogP contribution in [0.15, 0.2) is 23.2 Å². The summed E-state index contributed by atoms with van der Waals surface area (Å²) in [5, 5.41) is 4.08. The van der Waals surface area contributed by atoms with Gasteiger partial charge in [-0.25, -0.2) is 8.42 Å². The topological polar surface area (TPSA) is 73.7 Å². The molecule has 1 aromatic carbocycles. The highest BCUT2D eigenvalue weighted by Gasteiger charge is 2.33. The van der Waals surface area contributed by atoms with Crippen molar-refractivity contribution in [3.05, 3.63) is 34.6 Å². The molecule has 0 bridgehead atoms. The second kappa shape index (κ2) is 6.44. The summed E-state index contributed by atoms with van der Waals surface area (Å²) in [6.45, 7) is 3.20. The second-order valence-corrected chi connectivity index (χ2v) is 8.93. The number of ether oxygens (including phenoxy) is 2. The van der Waals surface area contributed by atoms with Crippen molar-refractivity contribution in [2.75, 3.05) is 19.9 Å². The van der Waals surface area contributed by atoms with Crippen molar-refractivity contribution in [2.24, 2.45) is 7.05 Å². The van der Waals surface area contributed by atoms with Gasteiger partial charge in [0.1, 0.15) is 10.0 Å². The zero-order chi connectivity index (χ0) is 18.5. The average molecular weight is 398 g/mol. The fourth-order valence-electron chi connectivity index (χ4n) is 3.62. The van der Waals surface area contributed by atoms with E-state index in [-0.39, 0.29) is 16.8 Å². The molecule has 0 saturated carbocycles. The molecule has 1 saturated heterocycles. The molecule has 140 valence electrons. The highest BCUT2D eigenvalue weighted by Crippen LogP contribution is 2.40. The van der Waals surface area contributed by atoms with Crippen molar-refractivity contribution in [1.82, 2.24) is 14.1 Å². The maximum Gasteiger partial charge on any atom is 0.247 e. The Morgan fingerprint density at radius 2 is 1.85 bits per heavy atom. The molecule has 2 aromatic rings. The van der Waals surface area contributed by atoms with Gasteiger partial charge in [-0.3, -0.25) is 4.68 Å². The molecule has 26 heavy (non-hydrogen) atoms. The van der Waals surface area contributed by atoms with Gasteiger partial charge in [-0.05, 0) is 48.9 Å². The van der Waals surface area contributed by atoms with Crippen LogP contribution in [0.5, 0.6) is 11.5 Å². The summed E-state index contributed by atoms with van der Waals surface area (Å²) < 4.78 is 39.4. The molecule has 9 heteroatoms. The predicted octanol–water partition coefficient (Wildman–Crippen LogP) is 2.68. The van der Waals surface area contributed by atoms with Gasteiger partial charge in [0.2, 0.25) is 16.8 Å². The fourth-order valence-corrected chi connectivity index (χ4v) is 5.50. The van der Waals surface area contributed by atoms with Crippen LogP contribution in [0.2, 0.25) is 5.15 Å². The first kappa shape index (κ1) is 17.6. The lowest BCUT2D eigenvalue weighted by Gasteiger charge is -2.32. The smallest absolute Gasteiger partial charge is 0.247 e. The van der Waals surface area contributed by atoms with Crippen LogP contribution in [0.3, 0.4) is 0 Å². The van der Waals surface area contributed by atoms with Gasteiger partial charge < -0.3 is 9.47 Å². The Morgan fingerprint density at radius 3 is 2.46 bits per heavy atom. The van der Waals surface area contributed by atoms with E-state index in [4.69, 9.17) is 21.1 Å². The molecule has 7 nitrogen and oxygen atoms in total. The Balaban J connectivity index is 1.52. The number of rotatable bonds is 3. The lowest BCUT2D eigenvalue weighted by atomic mass is 9.87. The maximum absolute atomic E-state index is 12.8. The van der Waals surface area contributed by atoms with E-state index in [9.17, 15) is 8.42 Å². The lowest BCUT2D eigenvalue weighted by molar-refractivity contribution is 0.174. The average Bonchev–Trinajstić information content (AvgIpc) is 3.21. The van der Waals surface area contributed by atoms with Crippen LogP contribution >= 0.6 is 11.6 Å². The lowest BCUT2D eigenvalue weighted by Crippen LogP contribution is -2.38. The van der Waals surface area contributed by atoms with Gasteiger partial charge in [0.05, 0.1) is 6.20 Å². The summed E-state index contributed by atoms with van der Waals surface area (Å²) in [6, 6.07) is 4.03. The second-order valence-electron chi connectivity index (χ2n) is 6.66. The zero-order valence-electron chi connectivity index (χ0n) is 14.6. The van der Waals surface area contributed by atoms with E-state index < -0.39 is 10.0 Å². The van der Waals surface area contributed by atoms with E-state index >= 15 is 0 Å². The molecule has 0 amide bonds. The minimum Gasteiger partial charge on any atom is -0.454 e. The Labute approximate surface area is 157 Å². The zero-order valence-corrected chi connectivity index (χ0v) is 16.2. The number of benzene rings is 1. The molecule has 0 spiro atoms. The van der Waals surface area contributed by atoms with Crippen molar-refractivity contribution in [1.29, 1.82) is 0 Å². The van der Waals surface area contributed by atoms with Crippen LogP contribution < -0.4 is 9.47 Å². The Hall–Kier alpha value is -1.77. The first-order valence-corrected chi connectivity index (χ1v) is 10.3. The number of nitrogens with zero attached hydrogens (tertiary/aromatic N) is 3. The molecular formula is C17H20ClN3O4S. The maximum atomic E-state index is 12.8. The number of fused-ring (bicyclic) bond motifs is 1. The van der Waals surface area contributed by atoms with Gasteiger partial charge in [-0.2, -0.15) is 9.40 Å². The van der Waals surface area contributed by atoms with Crippen LogP contribution in [0.1, 0.15) is 29.9 Å². The van der Waals surface area contributed by atoms with Crippen molar-refractivity contribution in [3.63, 3.8) is 0 Å². The standard InChI is InChI=1S/C17H20ClN3O4S/c1-11-7-14-15(25-10-24-14)8-13(11)12-3-5-21(6-4-12)26(22,23)16-9-19-20(2)17(16)18/h7-9,12H,3-6,10H2,1-2H3. The molecule has 0 radical (unpaired) electrons. The van der Waals surface area contributed by atoms with Gasteiger partial charge >= 0.3 is 0 Å². The van der Waals surface area contributed by atoms with E-state index in [1.165, 1.54) is 20.7 Å². The normalized spacial score (nSPS) is 18.4. The third-order valence-corrected chi connectivity index (χ3v) is 7.57. The van der Waals surface area contributed by atoms with Crippen LogP contribution in [-0.4, -0.2) is 42.4 Å². The van der Waals surface area contributed by atoms with E-state index in [2.05, 4.69) is 12.0 Å². The number of piperidine rings is 1. The van der Waals surface area contributed by atoms with E-state index in [0.29, 0.717) is 19.0 Å².